The van der Waals surface area contributed by atoms with Crippen molar-refractivity contribution < 1.29 is 49.8 Å². The molecule has 0 heterocycles. The predicted molar refractivity (Wildman–Crippen MR) is 102 cm³/mol. The molecule has 0 aromatic rings. The molecule has 0 fully saturated rings. The summed E-state index contributed by atoms with van der Waals surface area (Å²) in [6.07, 6.45) is 6.51. The third-order valence-corrected chi connectivity index (χ3v) is 2.45. The second-order valence-electron chi connectivity index (χ2n) is 4.94. The minimum atomic E-state index is -0.981. The van der Waals surface area contributed by atoms with E-state index in [1.165, 1.54) is 0 Å². The highest BCUT2D eigenvalue weighted by atomic mass is 16.4. The van der Waals surface area contributed by atoms with Gasteiger partial charge in [0.1, 0.15) is 0 Å². The lowest BCUT2D eigenvalue weighted by atomic mass is 10.2. The molecule has 0 radical (unpaired) electrons. The van der Waals surface area contributed by atoms with Crippen LogP contribution in [0.4, 0.5) is 0 Å². The first-order valence-electron chi connectivity index (χ1n) is 8.44. The molecule has 0 rings (SSSR count). The van der Waals surface area contributed by atoms with E-state index in [1.54, 1.807) is 0 Å². The van der Waals surface area contributed by atoms with Crippen molar-refractivity contribution in [3.05, 3.63) is 25.3 Å². The van der Waals surface area contributed by atoms with E-state index < -0.39 is 23.9 Å². The van der Waals surface area contributed by atoms with Crippen molar-refractivity contribution in [2.24, 2.45) is 0 Å². The Hall–Kier alpha value is -2.72. The lowest BCUT2D eigenvalue weighted by molar-refractivity contribution is -0.139. The molecule has 0 aromatic heterocycles. The Labute approximate surface area is 164 Å². The summed E-state index contributed by atoms with van der Waals surface area (Å²) in [6.45, 7) is 6.49. The molecule has 0 bridgehead atoms. The molecule has 0 unspecified atom stereocenters. The number of hydrogen-bond donors (Lipinski definition) is 6. The summed E-state index contributed by atoms with van der Waals surface area (Å²) in [4.78, 5) is 38.3. The van der Waals surface area contributed by atoms with Gasteiger partial charge >= 0.3 is 23.9 Å². The van der Waals surface area contributed by atoms with Gasteiger partial charge in [-0.3, -0.25) is 9.59 Å². The van der Waals surface area contributed by atoms with Crippen LogP contribution in [0.3, 0.4) is 0 Å². The molecule has 10 nitrogen and oxygen atoms in total. The number of carboxylic acid groups (broad SMARTS) is 4. The van der Waals surface area contributed by atoms with Crippen LogP contribution in [-0.2, 0) is 19.2 Å². The number of rotatable bonds is 12. The maximum absolute atomic E-state index is 9.90. The maximum atomic E-state index is 9.90. The molecule has 10 heteroatoms. The number of aliphatic hydroxyl groups is 2. The van der Waals surface area contributed by atoms with Gasteiger partial charge in [0, 0.05) is 38.2 Å². The summed E-state index contributed by atoms with van der Waals surface area (Å²) in [6, 6.07) is 0. The van der Waals surface area contributed by atoms with Crippen molar-refractivity contribution in [1.82, 2.24) is 0 Å². The summed E-state index contributed by atoms with van der Waals surface area (Å²) in [7, 11) is 0. The van der Waals surface area contributed by atoms with Gasteiger partial charge in [-0.2, -0.15) is 0 Å². The molecular weight excluding hydrogens is 376 g/mol. The number of aliphatic carboxylic acids is 4. The maximum Gasteiger partial charge on any atom is 0.327 e. The molecule has 0 saturated carbocycles. The fourth-order valence-electron chi connectivity index (χ4n) is 1.13. The number of unbranched alkanes of at least 4 members (excludes halogenated alkanes) is 4. The van der Waals surface area contributed by atoms with Crippen molar-refractivity contribution >= 4 is 23.9 Å². The van der Waals surface area contributed by atoms with Crippen molar-refractivity contribution in [1.29, 1.82) is 0 Å². The summed E-state index contributed by atoms with van der Waals surface area (Å²) in [5.74, 6) is -3.70. The average molecular weight is 408 g/mol. The Bertz CT molecular complexity index is 392. The zero-order valence-electron chi connectivity index (χ0n) is 16.0. The van der Waals surface area contributed by atoms with Gasteiger partial charge in [0.05, 0.1) is 0 Å². The Morgan fingerprint density at radius 1 is 0.571 bits per heavy atom. The van der Waals surface area contributed by atoms with Gasteiger partial charge in [-0.15, -0.1) is 0 Å². The second kappa shape index (κ2) is 29.1. The summed E-state index contributed by atoms with van der Waals surface area (Å²) < 4.78 is 0. The Kier molecular flexibility index (Phi) is 34.2. The van der Waals surface area contributed by atoms with Gasteiger partial charge in [0.2, 0.25) is 0 Å². The lowest BCUT2D eigenvalue weighted by Crippen LogP contribution is -1.97. The average Bonchev–Trinajstić information content (AvgIpc) is 2.63. The predicted octanol–water partition coefficient (Wildman–Crippen LogP) is 1.76. The number of carbonyl (C=O) groups is 4. The smallest absolute Gasteiger partial charge is 0.327 e. The standard InChI is InChI=1S/C6H10O4.C6H14O2.2C3H4O2/c7-5(8)3-1-2-4-6(9)10;7-5-3-1-2-4-6-8;2*1-2-3(4)5/h1-4H2,(H,7,8)(H,9,10);7-8H,1-6H2;2*2H,1H2,(H,4,5). The van der Waals surface area contributed by atoms with Gasteiger partial charge in [0.15, 0.2) is 0 Å². The molecule has 0 aliphatic rings. The SMILES string of the molecule is C=CC(=O)O.C=CC(=O)O.O=C(O)CCCCC(=O)O.OCCCCCCO. The first-order valence-corrected chi connectivity index (χ1v) is 8.44. The van der Waals surface area contributed by atoms with Crippen molar-refractivity contribution in [2.75, 3.05) is 13.2 Å². The molecule has 28 heavy (non-hydrogen) atoms. The van der Waals surface area contributed by atoms with Crippen LogP contribution in [-0.4, -0.2) is 67.7 Å². The largest absolute Gasteiger partial charge is 0.481 e. The van der Waals surface area contributed by atoms with E-state index in [4.69, 9.17) is 30.6 Å². The highest BCUT2D eigenvalue weighted by molar-refractivity contribution is 5.79. The fraction of sp³-hybridized carbons (Fsp3) is 0.556. The van der Waals surface area contributed by atoms with Crippen LogP contribution in [0.25, 0.3) is 0 Å². The van der Waals surface area contributed by atoms with E-state index in [0.717, 1.165) is 37.8 Å². The van der Waals surface area contributed by atoms with Crippen LogP contribution in [0.1, 0.15) is 51.4 Å². The normalized spacial score (nSPS) is 8.36. The summed E-state index contributed by atoms with van der Waals surface area (Å²) >= 11 is 0. The highest BCUT2D eigenvalue weighted by Crippen LogP contribution is 1.98. The third kappa shape index (κ3) is 65.5. The summed E-state index contributed by atoms with van der Waals surface area (Å²) in [5, 5.41) is 48.1. The highest BCUT2D eigenvalue weighted by Gasteiger charge is 1.99. The number of carboxylic acids is 4. The monoisotopic (exact) mass is 408 g/mol. The van der Waals surface area contributed by atoms with E-state index >= 15 is 0 Å². The van der Waals surface area contributed by atoms with Crippen LogP contribution in [0, 0.1) is 0 Å². The molecule has 0 aliphatic carbocycles. The quantitative estimate of drug-likeness (QED) is 0.205. The van der Waals surface area contributed by atoms with Crippen molar-refractivity contribution in [2.45, 2.75) is 51.4 Å². The molecule has 6 N–H and O–H groups in total. The second-order valence-corrected chi connectivity index (χ2v) is 4.94. The minimum absolute atomic E-state index is 0.0628. The molecule has 164 valence electrons. The Morgan fingerprint density at radius 2 is 0.821 bits per heavy atom. The van der Waals surface area contributed by atoms with Crippen LogP contribution in [0.2, 0.25) is 0 Å². The molecule has 0 aromatic carbocycles. The first kappa shape index (κ1) is 32.9. The Balaban J connectivity index is -0.000000144. The molecule has 0 saturated heterocycles. The van der Waals surface area contributed by atoms with Gasteiger partial charge in [-0.25, -0.2) is 9.59 Å². The molecule has 0 aliphatic heterocycles. The van der Waals surface area contributed by atoms with Crippen LogP contribution < -0.4 is 0 Å². The summed E-state index contributed by atoms with van der Waals surface area (Å²) in [5.41, 5.74) is 0. The number of hydrogen-bond acceptors (Lipinski definition) is 6. The van der Waals surface area contributed by atoms with Gasteiger partial charge in [-0.1, -0.05) is 26.0 Å². The van der Waals surface area contributed by atoms with Crippen LogP contribution in [0.15, 0.2) is 25.3 Å². The molecule has 0 atom stereocenters. The van der Waals surface area contributed by atoms with E-state index in [2.05, 4.69) is 13.2 Å². The van der Waals surface area contributed by atoms with E-state index in [-0.39, 0.29) is 26.1 Å². The fourth-order valence-corrected chi connectivity index (χ4v) is 1.13. The Morgan fingerprint density at radius 3 is 0.964 bits per heavy atom. The molecule has 0 amide bonds. The molecular formula is C18H32O10. The van der Waals surface area contributed by atoms with Gasteiger partial charge < -0.3 is 30.6 Å². The van der Waals surface area contributed by atoms with Gasteiger partial charge in [0.25, 0.3) is 0 Å². The van der Waals surface area contributed by atoms with E-state index in [9.17, 15) is 19.2 Å². The zero-order chi connectivity index (χ0) is 22.8. The number of aliphatic hydroxyl groups excluding tert-OH is 2. The third-order valence-electron chi connectivity index (χ3n) is 2.45. The van der Waals surface area contributed by atoms with Crippen molar-refractivity contribution in [3.8, 4) is 0 Å². The minimum Gasteiger partial charge on any atom is -0.481 e. The van der Waals surface area contributed by atoms with Gasteiger partial charge in [-0.05, 0) is 25.7 Å². The van der Waals surface area contributed by atoms with Crippen LogP contribution >= 0.6 is 0 Å². The first-order chi connectivity index (χ1) is 13.1. The van der Waals surface area contributed by atoms with E-state index in [1.807, 2.05) is 0 Å². The van der Waals surface area contributed by atoms with Crippen molar-refractivity contribution in [3.63, 3.8) is 0 Å². The van der Waals surface area contributed by atoms with E-state index in [0.29, 0.717) is 12.8 Å². The zero-order valence-corrected chi connectivity index (χ0v) is 16.0. The molecule has 0 spiro atoms. The topological polar surface area (TPSA) is 190 Å². The van der Waals surface area contributed by atoms with Crippen LogP contribution in [0.5, 0.6) is 0 Å². The lowest BCUT2D eigenvalue weighted by Gasteiger charge is -1.93.